The van der Waals surface area contributed by atoms with Gasteiger partial charge < -0.3 is 5.32 Å². The Bertz CT molecular complexity index is 470. The van der Waals surface area contributed by atoms with Crippen molar-refractivity contribution in [1.82, 2.24) is 5.32 Å². The van der Waals surface area contributed by atoms with Gasteiger partial charge in [0.2, 0.25) is 0 Å². The number of alkyl halides is 3. The fourth-order valence-corrected chi connectivity index (χ4v) is 3.49. The van der Waals surface area contributed by atoms with E-state index in [1.54, 1.807) is 0 Å². The highest BCUT2D eigenvalue weighted by atomic mass is 19.4. The predicted molar refractivity (Wildman–Crippen MR) is 79.3 cm³/mol. The highest BCUT2D eigenvalue weighted by Gasteiger charge is 2.45. The average Bonchev–Trinajstić information content (AvgIpc) is 2.36. The van der Waals surface area contributed by atoms with Crippen LogP contribution in [0.25, 0.3) is 0 Å². The second-order valence-corrected chi connectivity index (χ2v) is 6.30. The third-order valence-corrected chi connectivity index (χ3v) is 4.57. The van der Waals surface area contributed by atoms with Crippen LogP contribution in [0.3, 0.4) is 0 Å². The van der Waals surface area contributed by atoms with Crippen molar-refractivity contribution in [3.63, 3.8) is 0 Å². The molecule has 1 aromatic carbocycles. The van der Waals surface area contributed by atoms with Crippen molar-refractivity contribution in [2.75, 3.05) is 0 Å². The van der Waals surface area contributed by atoms with Gasteiger partial charge in [-0.05, 0) is 50.3 Å². The molecule has 1 aliphatic rings. The zero-order valence-electron chi connectivity index (χ0n) is 13.0. The van der Waals surface area contributed by atoms with E-state index >= 15 is 0 Å². The van der Waals surface area contributed by atoms with E-state index in [2.05, 4.69) is 17.4 Å². The maximum atomic E-state index is 13.1. The minimum Gasteiger partial charge on any atom is -0.309 e. The molecule has 4 heteroatoms. The van der Waals surface area contributed by atoms with Crippen LogP contribution >= 0.6 is 0 Å². The molecule has 21 heavy (non-hydrogen) atoms. The minimum atomic E-state index is -4.09. The van der Waals surface area contributed by atoms with Gasteiger partial charge in [-0.3, -0.25) is 0 Å². The van der Waals surface area contributed by atoms with Crippen molar-refractivity contribution in [3.8, 4) is 0 Å². The Hall–Kier alpha value is -1.03. The fourth-order valence-electron chi connectivity index (χ4n) is 3.49. The normalized spacial score (nSPS) is 23.3. The first-order valence-electron chi connectivity index (χ1n) is 7.66. The summed E-state index contributed by atoms with van der Waals surface area (Å²) in [6.07, 6.45) is -1.64. The van der Waals surface area contributed by atoms with E-state index in [1.807, 2.05) is 20.8 Å². The first kappa shape index (κ1) is 16.3. The van der Waals surface area contributed by atoms with Crippen molar-refractivity contribution in [1.29, 1.82) is 0 Å². The van der Waals surface area contributed by atoms with E-state index in [9.17, 15) is 13.2 Å². The molecule has 0 aromatic heterocycles. The summed E-state index contributed by atoms with van der Waals surface area (Å²) in [6.45, 7) is 6.62. The zero-order valence-corrected chi connectivity index (χ0v) is 13.0. The Balaban J connectivity index is 2.08. The second-order valence-electron chi connectivity index (χ2n) is 6.30. The lowest BCUT2D eigenvalue weighted by molar-refractivity contribution is -0.189. The molecule has 118 valence electrons. The van der Waals surface area contributed by atoms with E-state index in [0.29, 0.717) is 19.4 Å². The zero-order chi connectivity index (χ0) is 15.6. The van der Waals surface area contributed by atoms with Crippen molar-refractivity contribution in [3.05, 3.63) is 34.4 Å². The van der Waals surface area contributed by atoms with Gasteiger partial charge in [0.25, 0.3) is 0 Å². The molecule has 1 aliphatic carbocycles. The maximum absolute atomic E-state index is 13.1. The number of hydrogen-bond donors (Lipinski definition) is 1. The van der Waals surface area contributed by atoms with E-state index < -0.39 is 18.1 Å². The fraction of sp³-hybridized carbons (Fsp3) is 0.647. The average molecular weight is 299 g/mol. The molecule has 0 heterocycles. The smallest absolute Gasteiger partial charge is 0.309 e. The van der Waals surface area contributed by atoms with Crippen molar-refractivity contribution < 1.29 is 13.2 Å². The first-order chi connectivity index (χ1) is 9.79. The van der Waals surface area contributed by atoms with Crippen LogP contribution in [0.1, 0.15) is 47.9 Å². The molecule has 0 amide bonds. The van der Waals surface area contributed by atoms with Crippen molar-refractivity contribution in [2.24, 2.45) is 5.92 Å². The Morgan fingerprint density at radius 1 is 1.05 bits per heavy atom. The summed E-state index contributed by atoms with van der Waals surface area (Å²) in [6, 6.07) is 3.73. The molecule has 2 atom stereocenters. The number of halogens is 3. The van der Waals surface area contributed by atoms with Crippen molar-refractivity contribution >= 4 is 0 Å². The molecule has 1 N–H and O–H groups in total. The van der Waals surface area contributed by atoms with Gasteiger partial charge in [0, 0.05) is 12.6 Å². The molecule has 0 spiro atoms. The lowest BCUT2D eigenvalue weighted by Gasteiger charge is -2.34. The van der Waals surface area contributed by atoms with Crippen molar-refractivity contribution in [2.45, 2.75) is 65.2 Å². The highest BCUT2D eigenvalue weighted by Crippen LogP contribution is 2.37. The van der Waals surface area contributed by atoms with Crippen LogP contribution in [0, 0.1) is 26.7 Å². The van der Waals surface area contributed by atoms with Crippen LogP contribution in [-0.2, 0) is 6.54 Å². The van der Waals surface area contributed by atoms with Gasteiger partial charge in [0.15, 0.2) is 0 Å². The van der Waals surface area contributed by atoms with Crippen LogP contribution in [0.4, 0.5) is 13.2 Å². The number of rotatable bonds is 3. The number of benzene rings is 1. The Labute approximate surface area is 124 Å². The molecule has 1 saturated carbocycles. The maximum Gasteiger partial charge on any atom is 0.393 e. The Morgan fingerprint density at radius 2 is 1.62 bits per heavy atom. The Morgan fingerprint density at radius 3 is 2.19 bits per heavy atom. The SMILES string of the molecule is Cc1cc(C)c(CNC2CCCCC2C(F)(F)F)c(C)c1. The van der Waals surface area contributed by atoms with Gasteiger partial charge >= 0.3 is 6.18 Å². The molecule has 1 fully saturated rings. The summed E-state index contributed by atoms with van der Waals surface area (Å²) < 4.78 is 39.3. The van der Waals surface area contributed by atoms with Gasteiger partial charge in [-0.1, -0.05) is 30.5 Å². The van der Waals surface area contributed by atoms with Crippen LogP contribution in [0.2, 0.25) is 0 Å². The molecule has 0 aliphatic heterocycles. The van der Waals surface area contributed by atoms with Gasteiger partial charge in [-0.25, -0.2) is 0 Å². The summed E-state index contributed by atoms with van der Waals surface area (Å²) in [4.78, 5) is 0. The topological polar surface area (TPSA) is 12.0 Å². The minimum absolute atomic E-state index is 0.257. The van der Waals surface area contributed by atoms with Gasteiger partial charge in [-0.2, -0.15) is 13.2 Å². The first-order valence-corrected chi connectivity index (χ1v) is 7.66. The molecule has 1 nitrogen and oxygen atoms in total. The number of aryl methyl sites for hydroxylation is 3. The third-order valence-electron chi connectivity index (χ3n) is 4.57. The number of nitrogens with one attached hydrogen (secondary N) is 1. The molecule has 0 radical (unpaired) electrons. The van der Waals surface area contributed by atoms with Crippen LogP contribution in [0.15, 0.2) is 12.1 Å². The summed E-state index contributed by atoms with van der Waals surface area (Å²) in [5.74, 6) is -1.20. The summed E-state index contributed by atoms with van der Waals surface area (Å²) in [7, 11) is 0. The molecule has 0 bridgehead atoms. The summed E-state index contributed by atoms with van der Waals surface area (Å²) >= 11 is 0. The van der Waals surface area contributed by atoms with E-state index in [4.69, 9.17) is 0 Å². The van der Waals surface area contributed by atoms with Crippen LogP contribution in [0.5, 0.6) is 0 Å². The predicted octanol–water partition coefficient (Wildman–Crippen LogP) is 4.82. The monoisotopic (exact) mass is 299 g/mol. The van der Waals surface area contributed by atoms with E-state index in [1.165, 1.54) is 5.56 Å². The lowest BCUT2D eigenvalue weighted by Crippen LogP contribution is -2.45. The molecule has 1 aromatic rings. The second kappa shape index (κ2) is 6.39. The largest absolute Gasteiger partial charge is 0.393 e. The molecule has 0 saturated heterocycles. The molecule has 2 unspecified atom stereocenters. The number of hydrogen-bond acceptors (Lipinski definition) is 1. The summed E-state index contributed by atoms with van der Waals surface area (Å²) in [5.41, 5.74) is 4.63. The quantitative estimate of drug-likeness (QED) is 0.843. The lowest BCUT2D eigenvalue weighted by atomic mass is 9.83. The van der Waals surface area contributed by atoms with E-state index in [-0.39, 0.29) is 6.42 Å². The van der Waals surface area contributed by atoms with Gasteiger partial charge in [-0.15, -0.1) is 0 Å². The summed E-state index contributed by atoms with van der Waals surface area (Å²) in [5, 5.41) is 3.18. The van der Waals surface area contributed by atoms with Crippen LogP contribution in [-0.4, -0.2) is 12.2 Å². The van der Waals surface area contributed by atoms with E-state index in [0.717, 1.165) is 23.1 Å². The standard InChI is InChI=1S/C17H24F3N/c1-11-8-12(2)14(13(3)9-11)10-21-16-7-5-4-6-15(16)17(18,19)20/h8-9,15-16,21H,4-7,10H2,1-3H3. The molecular formula is C17H24F3N. The van der Waals surface area contributed by atoms with Crippen LogP contribution < -0.4 is 5.32 Å². The molecular weight excluding hydrogens is 275 g/mol. The molecule has 2 rings (SSSR count). The van der Waals surface area contributed by atoms with Gasteiger partial charge in [0.1, 0.15) is 0 Å². The third kappa shape index (κ3) is 4.00. The Kier molecular flexibility index (Phi) is 4.97. The van der Waals surface area contributed by atoms with Gasteiger partial charge in [0.05, 0.1) is 5.92 Å². The highest BCUT2D eigenvalue weighted by molar-refractivity contribution is 5.37.